The van der Waals surface area contributed by atoms with Gasteiger partial charge in [-0.1, -0.05) is 25.1 Å². The second kappa shape index (κ2) is 7.65. The van der Waals surface area contributed by atoms with E-state index in [1.807, 2.05) is 31.5 Å². The monoisotopic (exact) mass is 270 g/mol. The maximum atomic E-state index is 5.75. The number of para-hydroxylation sites is 1. The fraction of sp³-hybridized carbons (Fsp3) is 0.353. The molecule has 3 heteroatoms. The Balaban J connectivity index is 2.24. The summed E-state index contributed by atoms with van der Waals surface area (Å²) in [7, 11) is 0. The molecule has 0 saturated heterocycles. The SMILES string of the molecule is CCNC(Cc1ccncc1)c1ccccc1OCC. The van der Waals surface area contributed by atoms with E-state index in [1.54, 1.807) is 0 Å². The molecular weight excluding hydrogens is 248 g/mol. The number of nitrogens with zero attached hydrogens (tertiary/aromatic N) is 1. The molecule has 1 atom stereocenters. The highest BCUT2D eigenvalue weighted by atomic mass is 16.5. The average Bonchev–Trinajstić information content (AvgIpc) is 2.49. The van der Waals surface area contributed by atoms with Crippen LogP contribution in [-0.4, -0.2) is 18.1 Å². The Kier molecular flexibility index (Phi) is 5.56. The highest BCUT2D eigenvalue weighted by Crippen LogP contribution is 2.27. The first-order valence-corrected chi connectivity index (χ1v) is 7.19. The zero-order valence-corrected chi connectivity index (χ0v) is 12.2. The Hall–Kier alpha value is -1.87. The van der Waals surface area contributed by atoms with Crippen LogP contribution in [0.4, 0.5) is 0 Å². The van der Waals surface area contributed by atoms with Gasteiger partial charge in [-0.25, -0.2) is 0 Å². The molecule has 0 amide bonds. The third-order valence-corrected chi connectivity index (χ3v) is 3.23. The van der Waals surface area contributed by atoms with Crippen LogP contribution in [0.5, 0.6) is 5.75 Å². The molecule has 0 aliphatic heterocycles. The van der Waals surface area contributed by atoms with Gasteiger partial charge in [-0.05, 0) is 43.7 Å². The molecule has 106 valence electrons. The summed E-state index contributed by atoms with van der Waals surface area (Å²) in [4.78, 5) is 4.07. The molecule has 3 nitrogen and oxygen atoms in total. The van der Waals surface area contributed by atoms with E-state index in [-0.39, 0.29) is 6.04 Å². The summed E-state index contributed by atoms with van der Waals surface area (Å²) in [5.74, 6) is 0.968. The maximum Gasteiger partial charge on any atom is 0.124 e. The van der Waals surface area contributed by atoms with Crippen molar-refractivity contribution >= 4 is 0 Å². The number of aromatic nitrogens is 1. The summed E-state index contributed by atoms with van der Waals surface area (Å²) >= 11 is 0. The Morgan fingerprint density at radius 1 is 1.10 bits per heavy atom. The van der Waals surface area contributed by atoms with Crippen LogP contribution in [0.1, 0.15) is 31.0 Å². The molecule has 20 heavy (non-hydrogen) atoms. The molecule has 0 spiro atoms. The highest BCUT2D eigenvalue weighted by Gasteiger charge is 2.15. The van der Waals surface area contributed by atoms with Gasteiger partial charge in [-0.3, -0.25) is 4.98 Å². The molecular formula is C17H22N2O. The van der Waals surface area contributed by atoms with Crippen molar-refractivity contribution in [2.45, 2.75) is 26.3 Å². The third-order valence-electron chi connectivity index (χ3n) is 3.23. The first kappa shape index (κ1) is 14.5. The molecule has 2 rings (SSSR count). The van der Waals surface area contributed by atoms with E-state index in [0.717, 1.165) is 18.7 Å². The van der Waals surface area contributed by atoms with Crippen molar-refractivity contribution in [2.24, 2.45) is 0 Å². The summed E-state index contributed by atoms with van der Waals surface area (Å²) < 4.78 is 5.75. The summed E-state index contributed by atoms with van der Waals surface area (Å²) in [6.07, 6.45) is 4.61. The predicted molar refractivity (Wildman–Crippen MR) is 82.0 cm³/mol. The first-order chi connectivity index (χ1) is 9.85. The van der Waals surface area contributed by atoms with E-state index in [1.165, 1.54) is 11.1 Å². The number of pyridine rings is 1. The normalized spacial score (nSPS) is 12.1. The van der Waals surface area contributed by atoms with Crippen molar-refractivity contribution < 1.29 is 4.74 Å². The third kappa shape index (κ3) is 3.81. The van der Waals surface area contributed by atoms with E-state index in [2.05, 4.69) is 41.5 Å². The van der Waals surface area contributed by atoms with Crippen molar-refractivity contribution in [3.8, 4) is 5.75 Å². The number of nitrogens with one attached hydrogen (secondary N) is 1. The van der Waals surface area contributed by atoms with E-state index < -0.39 is 0 Å². The van der Waals surface area contributed by atoms with Crippen LogP contribution in [0.3, 0.4) is 0 Å². The second-order valence-corrected chi connectivity index (χ2v) is 4.64. The van der Waals surface area contributed by atoms with Crippen LogP contribution in [0.2, 0.25) is 0 Å². The minimum atomic E-state index is 0.255. The molecule has 2 aromatic rings. The molecule has 0 bridgehead atoms. The number of benzene rings is 1. The predicted octanol–water partition coefficient (Wildman–Crippen LogP) is 3.37. The van der Waals surface area contributed by atoms with Gasteiger partial charge in [-0.15, -0.1) is 0 Å². The van der Waals surface area contributed by atoms with Gasteiger partial charge in [0.2, 0.25) is 0 Å². The Labute approximate surface area is 121 Å². The summed E-state index contributed by atoms with van der Waals surface area (Å²) in [6.45, 7) is 5.76. The molecule has 1 aromatic carbocycles. The topological polar surface area (TPSA) is 34.2 Å². The van der Waals surface area contributed by atoms with Gasteiger partial charge in [0.25, 0.3) is 0 Å². The van der Waals surface area contributed by atoms with Gasteiger partial charge >= 0.3 is 0 Å². The molecule has 1 heterocycles. The zero-order chi connectivity index (χ0) is 14.2. The van der Waals surface area contributed by atoms with E-state index in [4.69, 9.17) is 4.74 Å². The Morgan fingerprint density at radius 3 is 2.55 bits per heavy atom. The van der Waals surface area contributed by atoms with Crippen molar-refractivity contribution in [1.82, 2.24) is 10.3 Å². The van der Waals surface area contributed by atoms with E-state index in [9.17, 15) is 0 Å². The van der Waals surface area contributed by atoms with Gasteiger partial charge in [0.15, 0.2) is 0 Å². The first-order valence-electron chi connectivity index (χ1n) is 7.19. The minimum Gasteiger partial charge on any atom is -0.494 e. The lowest BCUT2D eigenvalue weighted by Crippen LogP contribution is -2.23. The van der Waals surface area contributed by atoms with Gasteiger partial charge in [0.05, 0.1) is 6.61 Å². The second-order valence-electron chi connectivity index (χ2n) is 4.64. The fourth-order valence-electron chi connectivity index (χ4n) is 2.35. The van der Waals surface area contributed by atoms with Crippen LogP contribution in [0.25, 0.3) is 0 Å². The number of likely N-dealkylation sites (N-methyl/N-ethyl adjacent to an activating group) is 1. The van der Waals surface area contributed by atoms with Crippen LogP contribution in [0.15, 0.2) is 48.8 Å². The lowest BCUT2D eigenvalue weighted by atomic mass is 9.98. The molecule has 0 radical (unpaired) electrons. The van der Waals surface area contributed by atoms with E-state index >= 15 is 0 Å². The lowest BCUT2D eigenvalue weighted by Gasteiger charge is -2.21. The molecule has 1 N–H and O–H groups in total. The quantitative estimate of drug-likeness (QED) is 0.837. The highest BCUT2D eigenvalue weighted by molar-refractivity contribution is 5.37. The smallest absolute Gasteiger partial charge is 0.124 e. The average molecular weight is 270 g/mol. The van der Waals surface area contributed by atoms with Crippen LogP contribution < -0.4 is 10.1 Å². The van der Waals surface area contributed by atoms with Crippen molar-refractivity contribution in [3.63, 3.8) is 0 Å². The summed E-state index contributed by atoms with van der Waals surface area (Å²) in [5, 5.41) is 3.55. The van der Waals surface area contributed by atoms with Gasteiger partial charge in [0, 0.05) is 24.0 Å². The van der Waals surface area contributed by atoms with Crippen molar-refractivity contribution in [2.75, 3.05) is 13.2 Å². The van der Waals surface area contributed by atoms with Gasteiger partial charge in [0.1, 0.15) is 5.75 Å². The Morgan fingerprint density at radius 2 is 1.85 bits per heavy atom. The molecule has 0 aliphatic carbocycles. The molecule has 0 aliphatic rings. The number of rotatable bonds is 7. The molecule has 0 saturated carbocycles. The van der Waals surface area contributed by atoms with Gasteiger partial charge in [-0.2, -0.15) is 0 Å². The summed E-state index contributed by atoms with van der Waals surface area (Å²) in [5.41, 5.74) is 2.49. The standard InChI is InChI=1S/C17H22N2O/c1-3-19-16(13-14-9-11-18-12-10-14)15-7-5-6-8-17(15)20-4-2/h5-12,16,19H,3-4,13H2,1-2H3. The van der Waals surface area contributed by atoms with Crippen LogP contribution in [0, 0.1) is 0 Å². The number of hydrogen-bond donors (Lipinski definition) is 1. The fourth-order valence-corrected chi connectivity index (χ4v) is 2.35. The van der Waals surface area contributed by atoms with E-state index in [0.29, 0.717) is 6.61 Å². The molecule has 0 fully saturated rings. The van der Waals surface area contributed by atoms with Crippen molar-refractivity contribution in [1.29, 1.82) is 0 Å². The Bertz CT molecular complexity index is 513. The largest absolute Gasteiger partial charge is 0.494 e. The maximum absolute atomic E-state index is 5.75. The zero-order valence-electron chi connectivity index (χ0n) is 12.2. The number of ether oxygens (including phenoxy) is 1. The molecule has 1 unspecified atom stereocenters. The van der Waals surface area contributed by atoms with Crippen molar-refractivity contribution in [3.05, 3.63) is 59.9 Å². The number of hydrogen-bond acceptors (Lipinski definition) is 3. The lowest BCUT2D eigenvalue weighted by molar-refractivity contribution is 0.331. The minimum absolute atomic E-state index is 0.255. The van der Waals surface area contributed by atoms with Gasteiger partial charge < -0.3 is 10.1 Å². The van der Waals surface area contributed by atoms with Crippen LogP contribution in [-0.2, 0) is 6.42 Å². The summed E-state index contributed by atoms with van der Waals surface area (Å²) in [6, 6.07) is 12.6. The van der Waals surface area contributed by atoms with Crippen LogP contribution >= 0.6 is 0 Å². The molecule has 1 aromatic heterocycles.